The van der Waals surface area contributed by atoms with E-state index in [4.69, 9.17) is 18.9 Å². The molecule has 2 heterocycles. The second-order valence-electron chi connectivity index (χ2n) is 6.57. The molecule has 1 fully saturated rings. The Kier molecular flexibility index (Phi) is 6.71. The average molecular weight is 403 g/mol. The van der Waals surface area contributed by atoms with Crippen LogP contribution >= 0.6 is 0 Å². The smallest absolute Gasteiger partial charge is 0.267 e. The van der Waals surface area contributed by atoms with Crippen molar-refractivity contribution in [2.24, 2.45) is 0 Å². The highest BCUT2D eigenvalue weighted by Crippen LogP contribution is 2.40. The number of carbonyl (C=O) groups excluding carboxylic acids is 1. The lowest BCUT2D eigenvalue weighted by atomic mass is 10.1. The monoisotopic (exact) mass is 403 g/mol. The van der Waals surface area contributed by atoms with Gasteiger partial charge in [-0.15, -0.1) is 0 Å². The number of methoxy groups -OCH3 is 3. The number of nitrogens with one attached hydrogen (secondary N) is 1. The molecule has 1 N–H and O–H groups in total. The molecule has 0 saturated carbocycles. The van der Waals surface area contributed by atoms with Gasteiger partial charge in [0.1, 0.15) is 6.54 Å². The zero-order valence-corrected chi connectivity index (χ0v) is 16.8. The molecular formula is C20H25N3O6. The zero-order chi connectivity index (χ0) is 20.8. The molecule has 9 heteroatoms. The van der Waals surface area contributed by atoms with Crippen LogP contribution in [0.15, 0.2) is 29.1 Å². The quantitative estimate of drug-likeness (QED) is 0.707. The molecule has 1 atom stereocenters. The van der Waals surface area contributed by atoms with Crippen LogP contribution in [0.1, 0.15) is 12.8 Å². The Morgan fingerprint density at radius 2 is 1.93 bits per heavy atom. The second kappa shape index (κ2) is 9.42. The molecule has 1 aliphatic heterocycles. The van der Waals surface area contributed by atoms with Gasteiger partial charge in [0.2, 0.25) is 11.7 Å². The molecule has 29 heavy (non-hydrogen) atoms. The lowest BCUT2D eigenvalue weighted by Crippen LogP contribution is -2.37. The maximum atomic E-state index is 12.2. The van der Waals surface area contributed by atoms with Crippen molar-refractivity contribution < 1.29 is 23.7 Å². The molecule has 0 unspecified atom stereocenters. The van der Waals surface area contributed by atoms with E-state index in [0.29, 0.717) is 35.1 Å². The molecule has 0 aliphatic carbocycles. The van der Waals surface area contributed by atoms with Gasteiger partial charge >= 0.3 is 0 Å². The highest BCUT2D eigenvalue weighted by Gasteiger charge is 2.18. The largest absolute Gasteiger partial charge is 0.493 e. The SMILES string of the molecule is COc1cc(-c2ccc(=O)n(CC(=O)NC[C@@H]3CCCO3)n2)cc(OC)c1OC. The second-order valence-corrected chi connectivity index (χ2v) is 6.57. The van der Waals surface area contributed by atoms with Crippen LogP contribution in [0.5, 0.6) is 17.2 Å². The van der Waals surface area contributed by atoms with Crippen LogP contribution in [0.25, 0.3) is 11.3 Å². The standard InChI is InChI=1S/C20H25N3O6/c1-26-16-9-13(10-17(27-2)20(16)28-3)15-6-7-19(25)23(22-15)12-18(24)21-11-14-5-4-8-29-14/h6-7,9-10,14H,4-5,8,11-12H2,1-3H3,(H,21,24)/t14-/m0/s1. The molecule has 1 aromatic carbocycles. The topological polar surface area (TPSA) is 101 Å². The van der Waals surface area contributed by atoms with E-state index in [2.05, 4.69) is 10.4 Å². The van der Waals surface area contributed by atoms with Gasteiger partial charge in [0.15, 0.2) is 11.5 Å². The van der Waals surface area contributed by atoms with Crippen molar-refractivity contribution >= 4 is 5.91 Å². The van der Waals surface area contributed by atoms with Crippen molar-refractivity contribution in [1.82, 2.24) is 15.1 Å². The lowest BCUT2D eigenvalue weighted by molar-refractivity contribution is -0.122. The van der Waals surface area contributed by atoms with Gasteiger partial charge in [0.05, 0.1) is 33.1 Å². The number of nitrogens with zero attached hydrogens (tertiary/aromatic N) is 2. The summed E-state index contributed by atoms with van der Waals surface area (Å²) < 4.78 is 22.7. The molecule has 2 aromatic rings. The van der Waals surface area contributed by atoms with Crippen LogP contribution in [0.2, 0.25) is 0 Å². The fraction of sp³-hybridized carbons (Fsp3) is 0.450. The minimum absolute atomic E-state index is 0.0363. The molecule has 1 aliphatic rings. The van der Waals surface area contributed by atoms with Crippen LogP contribution in [-0.4, -0.2) is 56.3 Å². The third kappa shape index (κ3) is 4.86. The van der Waals surface area contributed by atoms with Crippen molar-refractivity contribution in [3.8, 4) is 28.5 Å². The predicted octanol–water partition coefficient (Wildman–Crippen LogP) is 1.23. The summed E-state index contributed by atoms with van der Waals surface area (Å²) in [5.41, 5.74) is 0.789. The van der Waals surface area contributed by atoms with E-state index in [-0.39, 0.29) is 24.1 Å². The van der Waals surface area contributed by atoms with Crippen molar-refractivity contribution in [2.45, 2.75) is 25.5 Å². The molecule has 0 spiro atoms. The summed E-state index contributed by atoms with van der Waals surface area (Å²) in [4.78, 5) is 24.4. The van der Waals surface area contributed by atoms with Gasteiger partial charge in [-0.05, 0) is 31.0 Å². The van der Waals surface area contributed by atoms with Gasteiger partial charge in [-0.3, -0.25) is 9.59 Å². The van der Waals surface area contributed by atoms with Gasteiger partial charge in [-0.2, -0.15) is 5.10 Å². The predicted molar refractivity (Wildman–Crippen MR) is 106 cm³/mol. The first kappa shape index (κ1) is 20.7. The van der Waals surface area contributed by atoms with Gasteiger partial charge in [-0.25, -0.2) is 4.68 Å². The molecule has 3 rings (SSSR count). The third-order valence-corrected chi connectivity index (χ3v) is 4.67. The first-order valence-electron chi connectivity index (χ1n) is 9.32. The average Bonchev–Trinajstić information content (AvgIpc) is 3.26. The highest BCUT2D eigenvalue weighted by molar-refractivity contribution is 5.75. The maximum absolute atomic E-state index is 12.2. The van der Waals surface area contributed by atoms with Crippen molar-refractivity contribution in [2.75, 3.05) is 34.5 Å². The number of ether oxygens (including phenoxy) is 4. The fourth-order valence-corrected chi connectivity index (χ4v) is 3.17. The Balaban J connectivity index is 1.81. The zero-order valence-electron chi connectivity index (χ0n) is 16.8. The van der Waals surface area contributed by atoms with E-state index >= 15 is 0 Å². The summed E-state index contributed by atoms with van der Waals surface area (Å²) in [5, 5.41) is 7.12. The first-order chi connectivity index (χ1) is 14.0. The van der Waals surface area contributed by atoms with Crippen molar-refractivity contribution in [3.05, 3.63) is 34.6 Å². The van der Waals surface area contributed by atoms with Crippen molar-refractivity contribution in [1.29, 1.82) is 0 Å². The van der Waals surface area contributed by atoms with Crippen LogP contribution < -0.4 is 25.1 Å². The van der Waals surface area contributed by atoms with E-state index in [1.165, 1.54) is 27.4 Å². The summed E-state index contributed by atoms with van der Waals surface area (Å²) in [5.74, 6) is 1.10. The Bertz CT molecular complexity index is 896. The molecule has 1 aromatic heterocycles. The van der Waals surface area contributed by atoms with E-state index in [9.17, 15) is 9.59 Å². The number of amides is 1. The van der Waals surface area contributed by atoms with E-state index < -0.39 is 0 Å². The van der Waals surface area contributed by atoms with Crippen LogP contribution in [0.3, 0.4) is 0 Å². The van der Waals surface area contributed by atoms with Gasteiger partial charge in [0, 0.05) is 24.8 Å². The molecule has 9 nitrogen and oxygen atoms in total. The normalized spacial score (nSPS) is 15.8. The number of hydrogen-bond acceptors (Lipinski definition) is 7. The number of rotatable bonds is 8. The van der Waals surface area contributed by atoms with Crippen LogP contribution in [-0.2, 0) is 16.1 Å². The maximum Gasteiger partial charge on any atom is 0.267 e. The summed E-state index contributed by atoms with van der Waals surface area (Å²) in [6.07, 6.45) is 1.96. The highest BCUT2D eigenvalue weighted by atomic mass is 16.5. The number of aromatic nitrogens is 2. The van der Waals surface area contributed by atoms with E-state index in [0.717, 1.165) is 24.1 Å². The molecule has 156 valence electrons. The molecule has 1 saturated heterocycles. The Morgan fingerprint density at radius 3 is 2.52 bits per heavy atom. The Labute approximate surface area is 168 Å². The fourth-order valence-electron chi connectivity index (χ4n) is 3.17. The summed E-state index contributed by atoms with van der Waals surface area (Å²) in [6.45, 7) is 0.975. The van der Waals surface area contributed by atoms with E-state index in [1.807, 2.05) is 0 Å². The van der Waals surface area contributed by atoms with Gasteiger partial charge < -0.3 is 24.3 Å². The van der Waals surface area contributed by atoms with Gasteiger partial charge in [0.25, 0.3) is 5.56 Å². The molecule has 0 bridgehead atoms. The Hall–Kier alpha value is -3.07. The summed E-state index contributed by atoms with van der Waals surface area (Å²) >= 11 is 0. The van der Waals surface area contributed by atoms with E-state index in [1.54, 1.807) is 18.2 Å². The summed E-state index contributed by atoms with van der Waals surface area (Å²) in [7, 11) is 4.56. The molecular weight excluding hydrogens is 378 g/mol. The first-order valence-corrected chi connectivity index (χ1v) is 9.32. The number of benzene rings is 1. The van der Waals surface area contributed by atoms with Crippen molar-refractivity contribution in [3.63, 3.8) is 0 Å². The number of hydrogen-bond donors (Lipinski definition) is 1. The van der Waals surface area contributed by atoms with Crippen LogP contribution in [0.4, 0.5) is 0 Å². The minimum atomic E-state index is -0.367. The molecule has 0 radical (unpaired) electrons. The lowest BCUT2D eigenvalue weighted by Gasteiger charge is -2.14. The van der Waals surface area contributed by atoms with Crippen LogP contribution in [0, 0.1) is 0 Å². The third-order valence-electron chi connectivity index (χ3n) is 4.67. The minimum Gasteiger partial charge on any atom is -0.493 e. The number of carbonyl (C=O) groups is 1. The summed E-state index contributed by atoms with van der Waals surface area (Å²) in [6, 6.07) is 6.43. The molecule has 1 amide bonds. The Morgan fingerprint density at radius 1 is 1.21 bits per heavy atom. The van der Waals surface area contributed by atoms with Gasteiger partial charge in [-0.1, -0.05) is 0 Å².